The summed E-state index contributed by atoms with van der Waals surface area (Å²) < 4.78 is 5.92. The number of amides is 1. The lowest BCUT2D eigenvalue weighted by molar-refractivity contribution is 0.0694. The summed E-state index contributed by atoms with van der Waals surface area (Å²) in [4.78, 5) is 15.9. The maximum atomic E-state index is 11.9. The van der Waals surface area contributed by atoms with Gasteiger partial charge in [0.2, 0.25) is 0 Å². The highest BCUT2D eigenvalue weighted by Crippen LogP contribution is 2.17. The van der Waals surface area contributed by atoms with E-state index in [2.05, 4.69) is 26.2 Å². The molecule has 1 fully saturated rings. The number of aromatic nitrogens is 1. The number of carbonyl (C=O) groups excluding carboxylic acids is 1. The fraction of sp³-hybridized carbons (Fsp3) is 0.455. The Morgan fingerprint density at radius 2 is 2.18 bits per heavy atom. The molecule has 0 atom stereocenters. The second kappa shape index (κ2) is 5.46. The number of anilines is 1. The Morgan fingerprint density at radius 3 is 2.82 bits per heavy atom. The number of hydrogen-bond donors (Lipinski definition) is 2. The maximum absolute atomic E-state index is 11.9. The summed E-state index contributed by atoms with van der Waals surface area (Å²) in [6.45, 7) is 1.39. The van der Waals surface area contributed by atoms with Crippen molar-refractivity contribution in [2.24, 2.45) is 0 Å². The third-order valence-corrected chi connectivity index (χ3v) is 3.33. The van der Waals surface area contributed by atoms with E-state index in [1.54, 1.807) is 12.1 Å². The highest BCUT2D eigenvalue weighted by molar-refractivity contribution is 9.10. The van der Waals surface area contributed by atoms with Gasteiger partial charge in [0.15, 0.2) is 0 Å². The van der Waals surface area contributed by atoms with Crippen molar-refractivity contribution in [1.29, 1.82) is 0 Å². The third kappa shape index (κ3) is 3.17. The van der Waals surface area contributed by atoms with Gasteiger partial charge >= 0.3 is 0 Å². The van der Waals surface area contributed by atoms with Crippen LogP contribution in [0.5, 0.6) is 0 Å². The van der Waals surface area contributed by atoms with Crippen LogP contribution in [0.3, 0.4) is 0 Å². The largest absolute Gasteiger partial charge is 0.383 e. The number of nitrogens with one attached hydrogen (secondary N) is 1. The van der Waals surface area contributed by atoms with Crippen LogP contribution in [0.25, 0.3) is 0 Å². The minimum atomic E-state index is -0.184. The smallest absolute Gasteiger partial charge is 0.270 e. The van der Waals surface area contributed by atoms with E-state index in [9.17, 15) is 4.79 Å². The van der Waals surface area contributed by atoms with Crippen molar-refractivity contribution >= 4 is 27.7 Å². The maximum Gasteiger partial charge on any atom is 0.270 e. The van der Waals surface area contributed by atoms with Gasteiger partial charge in [0.25, 0.3) is 5.91 Å². The van der Waals surface area contributed by atoms with Crippen molar-refractivity contribution in [1.82, 2.24) is 10.3 Å². The molecule has 17 heavy (non-hydrogen) atoms. The predicted octanol–water partition coefficient (Wildman–Crippen LogP) is 1.34. The van der Waals surface area contributed by atoms with Gasteiger partial charge in [0.05, 0.1) is 4.47 Å². The number of carbonyl (C=O) groups is 1. The number of halogens is 1. The molecule has 0 saturated carbocycles. The molecule has 92 valence electrons. The monoisotopic (exact) mass is 299 g/mol. The lowest BCUT2D eigenvalue weighted by atomic mass is 10.1. The quantitative estimate of drug-likeness (QED) is 0.864. The lowest BCUT2D eigenvalue weighted by Gasteiger charge is -2.22. The van der Waals surface area contributed by atoms with Gasteiger partial charge in [-0.2, -0.15) is 0 Å². The normalized spacial score (nSPS) is 16.8. The molecule has 2 rings (SSSR count). The number of rotatable bonds is 2. The molecule has 1 amide bonds. The van der Waals surface area contributed by atoms with Crippen molar-refractivity contribution < 1.29 is 9.53 Å². The SMILES string of the molecule is Nc1nc(C(=O)NC2CCOCC2)ccc1Br. The van der Waals surface area contributed by atoms with Crippen molar-refractivity contribution in [3.63, 3.8) is 0 Å². The molecule has 1 aromatic heterocycles. The summed E-state index contributed by atoms with van der Waals surface area (Å²) in [6, 6.07) is 3.54. The molecule has 0 aliphatic carbocycles. The Labute approximate surface area is 108 Å². The van der Waals surface area contributed by atoms with E-state index >= 15 is 0 Å². The molecule has 1 saturated heterocycles. The van der Waals surface area contributed by atoms with Gasteiger partial charge in [-0.1, -0.05) is 0 Å². The average Bonchev–Trinajstić information content (AvgIpc) is 2.34. The first-order chi connectivity index (χ1) is 8.16. The van der Waals surface area contributed by atoms with Crippen LogP contribution in [0, 0.1) is 0 Å². The van der Waals surface area contributed by atoms with Gasteiger partial charge in [0.1, 0.15) is 11.5 Å². The summed E-state index contributed by atoms with van der Waals surface area (Å²) in [5.41, 5.74) is 5.98. The van der Waals surface area contributed by atoms with Gasteiger partial charge in [0, 0.05) is 19.3 Å². The summed E-state index contributed by atoms with van der Waals surface area (Å²) in [7, 11) is 0. The summed E-state index contributed by atoms with van der Waals surface area (Å²) in [5.74, 6) is 0.140. The van der Waals surface area contributed by atoms with Crippen LogP contribution >= 0.6 is 15.9 Å². The Hall–Kier alpha value is -1.14. The van der Waals surface area contributed by atoms with Gasteiger partial charge in [-0.05, 0) is 40.9 Å². The summed E-state index contributed by atoms with van der Waals surface area (Å²) in [5, 5.41) is 2.93. The van der Waals surface area contributed by atoms with E-state index in [0.717, 1.165) is 12.8 Å². The first kappa shape index (κ1) is 12.3. The molecule has 0 unspecified atom stereocenters. The first-order valence-electron chi connectivity index (χ1n) is 5.47. The molecular formula is C11H14BrN3O2. The van der Waals surface area contributed by atoms with Crippen LogP contribution in [-0.2, 0) is 4.74 Å². The Kier molecular flexibility index (Phi) is 3.96. The van der Waals surface area contributed by atoms with E-state index in [1.165, 1.54) is 0 Å². The van der Waals surface area contributed by atoms with Crippen LogP contribution in [0.2, 0.25) is 0 Å². The fourth-order valence-corrected chi connectivity index (χ4v) is 1.91. The molecule has 2 heterocycles. The van der Waals surface area contributed by atoms with Crippen LogP contribution in [0.15, 0.2) is 16.6 Å². The van der Waals surface area contributed by atoms with Gasteiger partial charge in [-0.3, -0.25) is 4.79 Å². The zero-order chi connectivity index (χ0) is 12.3. The Morgan fingerprint density at radius 1 is 1.47 bits per heavy atom. The van der Waals surface area contributed by atoms with Gasteiger partial charge < -0.3 is 15.8 Å². The fourth-order valence-electron chi connectivity index (χ4n) is 1.69. The topological polar surface area (TPSA) is 77.2 Å². The lowest BCUT2D eigenvalue weighted by Crippen LogP contribution is -2.39. The number of nitrogens with zero attached hydrogens (tertiary/aromatic N) is 1. The zero-order valence-corrected chi connectivity index (χ0v) is 10.9. The third-order valence-electron chi connectivity index (χ3n) is 2.66. The van der Waals surface area contributed by atoms with E-state index in [4.69, 9.17) is 10.5 Å². The van der Waals surface area contributed by atoms with Crippen molar-refractivity contribution in [2.45, 2.75) is 18.9 Å². The second-order valence-corrected chi connectivity index (χ2v) is 4.78. The predicted molar refractivity (Wildman–Crippen MR) is 67.7 cm³/mol. The molecule has 0 spiro atoms. The molecule has 6 heteroatoms. The van der Waals surface area contributed by atoms with Gasteiger partial charge in [-0.25, -0.2) is 4.98 Å². The van der Waals surface area contributed by atoms with Crippen LogP contribution in [-0.4, -0.2) is 30.1 Å². The van der Waals surface area contributed by atoms with Crippen molar-refractivity contribution in [3.8, 4) is 0 Å². The number of nitrogen functional groups attached to an aromatic ring is 1. The molecule has 1 aliphatic heterocycles. The summed E-state index contributed by atoms with van der Waals surface area (Å²) in [6.07, 6.45) is 1.69. The Bertz CT molecular complexity index is 419. The highest BCUT2D eigenvalue weighted by atomic mass is 79.9. The second-order valence-electron chi connectivity index (χ2n) is 3.92. The minimum absolute atomic E-state index is 0.169. The number of nitrogens with two attached hydrogens (primary N) is 1. The first-order valence-corrected chi connectivity index (χ1v) is 6.27. The molecule has 3 N–H and O–H groups in total. The van der Waals surface area contributed by atoms with E-state index in [1.807, 2.05) is 0 Å². The molecule has 5 nitrogen and oxygen atoms in total. The van der Waals surface area contributed by atoms with E-state index < -0.39 is 0 Å². The Balaban J connectivity index is 2.01. The van der Waals surface area contributed by atoms with Gasteiger partial charge in [-0.15, -0.1) is 0 Å². The zero-order valence-electron chi connectivity index (χ0n) is 9.28. The van der Waals surface area contributed by atoms with Crippen molar-refractivity contribution in [2.75, 3.05) is 18.9 Å². The molecule has 0 aromatic carbocycles. The molecular weight excluding hydrogens is 286 g/mol. The average molecular weight is 300 g/mol. The van der Waals surface area contributed by atoms with E-state index in [-0.39, 0.29) is 11.9 Å². The molecule has 1 aromatic rings. The van der Waals surface area contributed by atoms with Crippen LogP contribution in [0.1, 0.15) is 23.3 Å². The van der Waals surface area contributed by atoms with Crippen molar-refractivity contribution in [3.05, 3.63) is 22.3 Å². The number of pyridine rings is 1. The molecule has 1 aliphatic rings. The molecule has 0 bridgehead atoms. The number of ether oxygens (including phenoxy) is 1. The standard InChI is InChI=1S/C11H14BrN3O2/c12-8-1-2-9(15-10(8)13)11(16)14-7-3-5-17-6-4-7/h1-2,7H,3-6H2,(H2,13,15)(H,14,16). The summed E-state index contributed by atoms with van der Waals surface area (Å²) >= 11 is 3.24. The number of hydrogen-bond acceptors (Lipinski definition) is 4. The highest BCUT2D eigenvalue weighted by Gasteiger charge is 2.17. The molecule has 0 radical (unpaired) electrons. The van der Waals surface area contributed by atoms with Crippen LogP contribution in [0.4, 0.5) is 5.82 Å². The minimum Gasteiger partial charge on any atom is -0.383 e. The van der Waals surface area contributed by atoms with Crippen LogP contribution < -0.4 is 11.1 Å². The van der Waals surface area contributed by atoms with E-state index in [0.29, 0.717) is 29.2 Å².